The standard InChI is InChI=1S/C15H19N3O2/c1-10(19)11-2-4-13(5-3-11)17-15(20)18-7-6-12-8-16-9-14(12)18/h2-5,12,14,16H,6-9H2,1H3,(H,17,20)/t12-,14+/m0/s1. The van der Waals surface area contributed by atoms with E-state index < -0.39 is 0 Å². The highest BCUT2D eigenvalue weighted by atomic mass is 16.2. The zero-order valence-electron chi connectivity index (χ0n) is 11.6. The summed E-state index contributed by atoms with van der Waals surface area (Å²) in [6.07, 6.45) is 1.08. The van der Waals surface area contributed by atoms with Crippen LogP contribution in [0.4, 0.5) is 10.5 Å². The first-order chi connectivity index (χ1) is 9.65. The van der Waals surface area contributed by atoms with E-state index in [0.29, 0.717) is 17.5 Å². The van der Waals surface area contributed by atoms with Crippen LogP contribution >= 0.6 is 0 Å². The van der Waals surface area contributed by atoms with Gasteiger partial charge in [0.2, 0.25) is 0 Å². The molecule has 0 spiro atoms. The highest BCUT2D eigenvalue weighted by Crippen LogP contribution is 2.27. The van der Waals surface area contributed by atoms with E-state index in [1.54, 1.807) is 24.3 Å². The van der Waals surface area contributed by atoms with Gasteiger partial charge in [0.1, 0.15) is 0 Å². The summed E-state index contributed by atoms with van der Waals surface area (Å²) < 4.78 is 0. The van der Waals surface area contributed by atoms with Gasteiger partial charge in [-0.1, -0.05) is 0 Å². The van der Waals surface area contributed by atoms with Crippen LogP contribution in [-0.2, 0) is 0 Å². The van der Waals surface area contributed by atoms with Crippen molar-refractivity contribution in [3.63, 3.8) is 0 Å². The minimum absolute atomic E-state index is 0.0299. The second kappa shape index (κ2) is 5.25. The fourth-order valence-electron chi connectivity index (χ4n) is 3.08. The van der Waals surface area contributed by atoms with Gasteiger partial charge in [0.15, 0.2) is 5.78 Å². The Balaban J connectivity index is 1.65. The molecule has 0 aliphatic carbocycles. The van der Waals surface area contributed by atoms with Gasteiger partial charge in [0.25, 0.3) is 0 Å². The molecular weight excluding hydrogens is 254 g/mol. The molecule has 1 aromatic rings. The van der Waals surface area contributed by atoms with Crippen LogP contribution in [-0.4, -0.2) is 42.4 Å². The summed E-state index contributed by atoms with van der Waals surface area (Å²) in [7, 11) is 0. The molecule has 0 radical (unpaired) electrons. The van der Waals surface area contributed by atoms with Crippen LogP contribution in [0.15, 0.2) is 24.3 Å². The zero-order chi connectivity index (χ0) is 14.1. The van der Waals surface area contributed by atoms with Crippen LogP contribution < -0.4 is 10.6 Å². The lowest BCUT2D eigenvalue weighted by atomic mass is 10.1. The Kier molecular flexibility index (Phi) is 3.44. The Morgan fingerprint density at radius 3 is 2.70 bits per heavy atom. The van der Waals surface area contributed by atoms with Crippen molar-refractivity contribution >= 4 is 17.5 Å². The van der Waals surface area contributed by atoms with E-state index in [-0.39, 0.29) is 11.8 Å². The first-order valence-electron chi connectivity index (χ1n) is 7.04. The van der Waals surface area contributed by atoms with Crippen molar-refractivity contribution < 1.29 is 9.59 Å². The third-order valence-electron chi connectivity index (χ3n) is 4.25. The van der Waals surface area contributed by atoms with E-state index in [4.69, 9.17) is 0 Å². The van der Waals surface area contributed by atoms with Gasteiger partial charge in [-0.25, -0.2) is 4.79 Å². The number of nitrogens with zero attached hydrogens (tertiary/aromatic N) is 1. The van der Waals surface area contributed by atoms with Gasteiger partial charge in [-0.05, 0) is 43.5 Å². The molecule has 0 unspecified atom stereocenters. The van der Waals surface area contributed by atoms with Gasteiger partial charge in [0.05, 0.1) is 0 Å². The molecule has 2 heterocycles. The summed E-state index contributed by atoms with van der Waals surface area (Å²) in [6, 6.07) is 7.30. The van der Waals surface area contributed by atoms with Crippen molar-refractivity contribution in [2.24, 2.45) is 5.92 Å². The first kappa shape index (κ1) is 13.1. The summed E-state index contributed by atoms with van der Waals surface area (Å²) in [5.74, 6) is 0.628. The molecule has 1 aromatic carbocycles. The maximum absolute atomic E-state index is 12.3. The van der Waals surface area contributed by atoms with Gasteiger partial charge in [-0.15, -0.1) is 0 Å². The van der Waals surface area contributed by atoms with E-state index >= 15 is 0 Å². The van der Waals surface area contributed by atoms with Crippen LogP contribution in [0.2, 0.25) is 0 Å². The third-order valence-corrected chi connectivity index (χ3v) is 4.25. The van der Waals surface area contributed by atoms with Crippen molar-refractivity contribution in [1.29, 1.82) is 0 Å². The second-order valence-corrected chi connectivity index (χ2v) is 5.53. The molecule has 2 saturated heterocycles. The van der Waals surface area contributed by atoms with Gasteiger partial charge in [-0.2, -0.15) is 0 Å². The number of ketones is 1. The van der Waals surface area contributed by atoms with Gasteiger partial charge < -0.3 is 15.5 Å². The number of Topliss-reactive ketones (excluding diaryl/α,β-unsaturated/α-hetero) is 1. The number of amides is 2. The highest BCUT2D eigenvalue weighted by Gasteiger charge is 2.39. The molecule has 0 aromatic heterocycles. The number of urea groups is 1. The molecule has 5 heteroatoms. The Hall–Kier alpha value is -1.88. The number of likely N-dealkylation sites (tertiary alicyclic amines) is 1. The van der Waals surface area contributed by atoms with Crippen LogP contribution in [0.3, 0.4) is 0 Å². The van der Waals surface area contributed by atoms with Gasteiger partial charge in [0, 0.05) is 36.9 Å². The molecule has 0 bridgehead atoms. The fraction of sp³-hybridized carbons (Fsp3) is 0.467. The van der Waals surface area contributed by atoms with Crippen LogP contribution in [0, 0.1) is 5.92 Å². The van der Waals surface area contributed by atoms with E-state index in [9.17, 15) is 9.59 Å². The molecule has 2 N–H and O–H groups in total. The summed E-state index contributed by atoms with van der Waals surface area (Å²) in [4.78, 5) is 25.4. The molecule has 2 fully saturated rings. The van der Waals surface area contributed by atoms with Gasteiger partial charge >= 0.3 is 6.03 Å². The number of hydrogen-bond donors (Lipinski definition) is 2. The van der Waals surface area contributed by atoms with Crippen LogP contribution in [0.1, 0.15) is 23.7 Å². The summed E-state index contributed by atoms with van der Waals surface area (Å²) in [5.41, 5.74) is 1.39. The number of carbonyl (C=O) groups excluding carboxylic acids is 2. The number of carbonyl (C=O) groups is 2. The largest absolute Gasteiger partial charge is 0.322 e. The van der Waals surface area contributed by atoms with Crippen molar-refractivity contribution in [2.45, 2.75) is 19.4 Å². The quantitative estimate of drug-likeness (QED) is 0.806. The van der Waals surface area contributed by atoms with Crippen molar-refractivity contribution in [3.05, 3.63) is 29.8 Å². The molecular formula is C15H19N3O2. The molecule has 3 rings (SSSR count). The molecule has 5 nitrogen and oxygen atoms in total. The molecule has 0 saturated carbocycles. The molecule has 2 aliphatic rings. The number of benzene rings is 1. The average Bonchev–Trinajstić information content (AvgIpc) is 3.01. The average molecular weight is 273 g/mol. The SMILES string of the molecule is CC(=O)c1ccc(NC(=O)N2CC[C@H]3CNC[C@H]32)cc1. The summed E-state index contributed by atoms with van der Waals surface area (Å²) >= 11 is 0. The lowest BCUT2D eigenvalue weighted by Crippen LogP contribution is -2.41. The first-order valence-corrected chi connectivity index (χ1v) is 7.04. The van der Waals surface area contributed by atoms with E-state index in [1.165, 1.54) is 6.92 Å². The van der Waals surface area contributed by atoms with Crippen molar-refractivity contribution in [2.75, 3.05) is 25.0 Å². The minimum Gasteiger partial charge on any atom is -0.320 e. The second-order valence-electron chi connectivity index (χ2n) is 5.53. The topological polar surface area (TPSA) is 61.4 Å². The maximum atomic E-state index is 12.3. The van der Waals surface area contributed by atoms with Crippen LogP contribution in [0.25, 0.3) is 0 Å². The third kappa shape index (κ3) is 2.41. The Morgan fingerprint density at radius 2 is 2.00 bits per heavy atom. The number of nitrogens with one attached hydrogen (secondary N) is 2. The predicted molar refractivity (Wildman–Crippen MR) is 76.9 cm³/mol. The Labute approximate surface area is 118 Å². The van der Waals surface area contributed by atoms with E-state index in [2.05, 4.69) is 10.6 Å². The Morgan fingerprint density at radius 1 is 1.25 bits per heavy atom. The molecule has 2 amide bonds. The van der Waals surface area contributed by atoms with E-state index in [1.807, 2.05) is 4.90 Å². The smallest absolute Gasteiger partial charge is 0.320 e. The molecule has 106 valence electrons. The van der Waals surface area contributed by atoms with Crippen LogP contribution in [0.5, 0.6) is 0 Å². The number of hydrogen-bond acceptors (Lipinski definition) is 3. The van der Waals surface area contributed by atoms with E-state index in [0.717, 1.165) is 31.7 Å². The fourth-order valence-corrected chi connectivity index (χ4v) is 3.08. The lowest BCUT2D eigenvalue weighted by molar-refractivity contribution is 0.101. The summed E-state index contributed by atoms with van der Waals surface area (Å²) in [5, 5.41) is 6.24. The zero-order valence-corrected chi connectivity index (χ0v) is 11.6. The monoisotopic (exact) mass is 273 g/mol. The Bertz CT molecular complexity index is 526. The number of anilines is 1. The maximum Gasteiger partial charge on any atom is 0.322 e. The summed E-state index contributed by atoms with van der Waals surface area (Å²) in [6.45, 7) is 4.27. The number of fused-ring (bicyclic) bond motifs is 1. The van der Waals surface area contributed by atoms with Crippen molar-refractivity contribution in [3.8, 4) is 0 Å². The molecule has 2 atom stereocenters. The minimum atomic E-state index is -0.0447. The number of rotatable bonds is 2. The van der Waals surface area contributed by atoms with Gasteiger partial charge in [-0.3, -0.25) is 4.79 Å². The highest BCUT2D eigenvalue weighted by molar-refractivity contribution is 5.95. The normalized spacial score (nSPS) is 24.6. The lowest BCUT2D eigenvalue weighted by Gasteiger charge is -2.23. The predicted octanol–water partition coefficient (Wildman–Crippen LogP) is 1.71. The molecule has 20 heavy (non-hydrogen) atoms. The van der Waals surface area contributed by atoms with Crippen molar-refractivity contribution in [1.82, 2.24) is 10.2 Å². The molecule has 2 aliphatic heterocycles.